The van der Waals surface area contributed by atoms with Crippen molar-refractivity contribution in [2.45, 2.75) is 24.1 Å². The van der Waals surface area contributed by atoms with Crippen LogP contribution in [0.5, 0.6) is 0 Å². The highest BCUT2D eigenvalue weighted by Gasteiger charge is 2.31. The van der Waals surface area contributed by atoms with Crippen LogP contribution in [-0.4, -0.2) is 25.7 Å². The number of nitrogens with zero attached hydrogens (tertiary/aromatic N) is 1. The van der Waals surface area contributed by atoms with E-state index in [9.17, 15) is 8.42 Å². The van der Waals surface area contributed by atoms with Crippen molar-refractivity contribution in [2.75, 3.05) is 13.0 Å². The zero-order valence-corrected chi connectivity index (χ0v) is 11.3. The first kappa shape index (κ1) is 8.93. The quantitative estimate of drug-likeness (QED) is 0.782. The van der Waals surface area contributed by atoms with Gasteiger partial charge >= 0.3 is 0 Å². The second-order valence-corrected chi connectivity index (χ2v) is 6.59. The molecule has 0 spiro atoms. The third-order valence-electron chi connectivity index (χ3n) is 3.38. The summed E-state index contributed by atoms with van der Waals surface area (Å²) in [6.07, 6.45) is 3.59. The summed E-state index contributed by atoms with van der Waals surface area (Å²) in [7, 11) is -4.16. The SMILES string of the molecule is [2H]C1CCC2C=CC1C([2H])N(S(=O)(=O)c1ccccc1)C2([2H])[2H]. The first-order valence-electron chi connectivity index (χ1n) is 8.54. The van der Waals surface area contributed by atoms with Crippen LogP contribution < -0.4 is 0 Å². The fourth-order valence-electron chi connectivity index (χ4n) is 2.34. The Hall–Kier alpha value is -1.13. The molecule has 0 amide bonds. The van der Waals surface area contributed by atoms with E-state index in [2.05, 4.69) is 0 Å². The zero-order valence-electron chi connectivity index (χ0n) is 14.4. The molecule has 2 bridgehead atoms. The van der Waals surface area contributed by atoms with Gasteiger partial charge in [-0.1, -0.05) is 36.8 Å². The maximum atomic E-state index is 13.0. The molecule has 0 saturated carbocycles. The molecule has 0 fully saturated rings. The maximum Gasteiger partial charge on any atom is 0.243 e. The summed E-state index contributed by atoms with van der Waals surface area (Å²) in [5.74, 6) is -1.27. The molecule has 19 heavy (non-hydrogen) atoms. The standard InChI is InChI=1S/C15H19NO2S/c17-19(18,15-7-2-1-3-8-15)16-11-13-5-4-6-14(12-16)10-9-13/h1-3,7-10,13-14H,4-6,11-12H2/i5D,11D,12D2. The van der Waals surface area contributed by atoms with E-state index in [1.807, 2.05) is 0 Å². The summed E-state index contributed by atoms with van der Waals surface area (Å²) in [5, 5.41) is 0. The molecule has 1 aromatic rings. The molecule has 0 aromatic heterocycles. The highest BCUT2D eigenvalue weighted by molar-refractivity contribution is 7.89. The van der Waals surface area contributed by atoms with Crippen molar-refractivity contribution in [2.24, 2.45) is 11.8 Å². The van der Waals surface area contributed by atoms with Crippen molar-refractivity contribution in [3.8, 4) is 0 Å². The highest BCUT2D eigenvalue weighted by Crippen LogP contribution is 2.30. The van der Waals surface area contributed by atoms with Gasteiger partial charge < -0.3 is 0 Å². The normalized spacial score (nSPS) is 41.5. The van der Waals surface area contributed by atoms with Crippen molar-refractivity contribution in [1.29, 1.82) is 0 Å². The molecule has 3 rings (SSSR count). The van der Waals surface area contributed by atoms with E-state index in [4.69, 9.17) is 5.48 Å². The van der Waals surface area contributed by atoms with Gasteiger partial charge in [-0.2, -0.15) is 4.31 Å². The molecule has 2 aliphatic rings. The second kappa shape index (κ2) is 5.10. The van der Waals surface area contributed by atoms with Crippen LogP contribution >= 0.6 is 0 Å². The van der Waals surface area contributed by atoms with Crippen LogP contribution in [0.1, 0.15) is 24.7 Å². The van der Waals surface area contributed by atoms with Gasteiger partial charge in [-0.3, -0.25) is 0 Å². The first-order chi connectivity index (χ1) is 10.8. The smallest absolute Gasteiger partial charge is 0.207 e. The average Bonchev–Trinajstić information content (AvgIpc) is 2.75. The summed E-state index contributed by atoms with van der Waals surface area (Å²) in [5.41, 5.74) is 0. The van der Waals surface area contributed by atoms with Crippen LogP contribution in [0.25, 0.3) is 0 Å². The van der Waals surface area contributed by atoms with Crippen LogP contribution in [0.3, 0.4) is 0 Å². The highest BCUT2D eigenvalue weighted by atomic mass is 32.2. The van der Waals surface area contributed by atoms with E-state index in [1.54, 1.807) is 30.4 Å². The molecule has 0 saturated heterocycles. The van der Waals surface area contributed by atoms with E-state index in [1.165, 1.54) is 12.1 Å². The number of hydrogen-bond acceptors (Lipinski definition) is 2. The van der Waals surface area contributed by atoms with Gasteiger partial charge in [0.25, 0.3) is 0 Å². The number of hydrogen-bond donors (Lipinski definition) is 0. The van der Waals surface area contributed by atoms with Crippen molar-refractivity contribution in [3.63, 3.8) is 0 Å². The van der Waals surface area contributed by atoms with Crippen LogP contribution in [0, 0.1) is 11.8 Å². The van der Waals surface area contributed by atoms with Gasteiger partial charge in [-0.25, -0.2) is 8.42 Å². The van der Waals surface area contributed by atoms with Gasteiger partial charge in [0.1, 0.15) is 0 Å². The van der Waals surface area contributed by atoms with Gasteiger partial charge in [-0.05, 0) is 36.8 Å². The van der Waals surface area contributed by atoms with Crippen molar-refractivity contribution in [3.05, 3.63) is 42.5 Å². The largest absolute Gasteiger partial charge is 0.243 e. The number of sulfonamides is 1. The molecule has 0 N–H and O–H groups in total. The van der Waals surface area contributed by atoms with E-state index in [0.717, 1.165) is 0 Å². The molecular weight excluding hydrogens is 258 g/mol. The molecule has 4 heteroatoms. The summed E-state index contributed by atoms with van der Waals surface area (Å²) >= 11 is 0. The van der Waals surface area contributed by atoms with Crippen molar-refractivity contribution < 1.29 is 13.9 Å². The summed E-state index contributed by atoms with van der Waals surface area (Å²) in [6, 6.07) is 7.65. The Morgan fingerprint density at radius 1 is 1.16 bits per heavy atom. The maximum absolute atomic E-state index is 13.0. The summed E-state index contributed by atoms with van der Waals surface area (Å²) < 4.78 is 59.9. The van der Waals surface area contributed by atoms with Crippen LogP contribution in [0.15, 0.2) is 47.4 Å². The Kier molecular flexibility index (Phi) is 2.39. The van der Waals surface area contributed by atoms with E-state index in [-0.39, 0.29) is 4.90 Å². The molecule has 1 aliphatic heterocycles. The Labute approximate surface area is 120 Å². The minimum Gasteiger partial charge on any atom is -0.207 e. The lowest BCUT2D eigenvalue weighted by Gasteiger charge is -2.28. The van der Waals surface area contributed by atoms with Gasteiger partial charge in [0.2, 0.25) is 10.0 Å². The molecule has 0 radical (unpaired) electrons. The van der Waals surface area contributed by atoms with Gasteiger partial charge in [0, 0.05) is 18.5 Å². The van der Waals surface area contributed by atoms with Crippen molar-refractivity contribution in [1.82, 2.24) is 4.31 Å². The van der Waals surface area contributed by atoms with E-state index in [0.29, 0.717) is 17.1 Å². The molecule has 102 valence electrons. The fraction of sp³-hybridized carbons (Fsp3) is 0.467. The molecule has 4 atom stereocenters. The second-order valence-electron chi connectivity index (χ2n) is 4.77. The van der Waals surface area contributed by atoms with Crippen LogP contribution in [0.4, 0.5) is 0 Å². The lowest BCUT2D eigenvalue weighted by molar-refractivity contribution is 0.308. The van der Waals surface area contributed by atoms with E-state index < -0.39 is 41.3 Å². The predicted octanol–water partition coefficient (Wildman–Crippen LogP) is 2.66. The van der Waals surface area contributed by atoms with Crippen molar-refractivity contribution >= 4 is 10.0 Å². The third-order valence-corrected chi connectivity index (χ3v) is 5.00. The molecule has 1 aromatic carbocycles. The number of rotatable bonds is 2. The van der Waals surface area contributed by atoms with E-state index >= 15 is 0 Å². The van der Waals surface area contributed by atoms with Crippen LogP contribution in [-0.2, 0) is 10.0 Å². The third kappa shape index (κ3) is 2.60. The molecule has 4 unspecified atom stereocenters. The summed E-state index contributed by atoms with van der Waals surface area (Å²) in [4.78, 5) is -0.0253. The molecule has 1 aliphatic carbocycles. The minimum absolute atomic E-state index is 0.0253. The predicted molar refractivity (Wildman–Crippen MR) is 75.2 cm³/mol. The van der Waals surface area contributed by atoms with Crippen LogP contribution in [0.2, 0.25) is 0 Å². The zero-order chi connectivity index (χ0) is 16.8. The molecule has 1 heterocycles. The number of fused-ring (bicyclic) bond motifs is 2. The lowest BCUT2D eigenvalue weighted by atomic mass is 10.00. The minimum atomic E-state index is -4.16. The average molecular weight is 281 g/mol. The Morgan fingerprint density at radius 2 is 1.89 bits per heavy atom. The fourth-order valence-corrected chi connectivity index (χ4v) is 3.65. The first-order valence-corrected chi connectivity index (χ1v) is 7.82. The van der Waals surface area contributed by atoms with Gasteiger partial charge in [0.15, 0.2) is 0 Å². The van der Waals surface area contributed by atoms with Gasteiger partial charge in [-0.15, -0.1) is 0 Å². The number of benzene rings is 1. The monoisotopic (exact) mass is 281 g/mol. The summed E-state index contributed by atoms with van der Waals surface area (Å²) in [6.45, 7) is -3.54. The molecular formula is C15H19NO2S. The lowest BCUT2D eigenvalue weighted by Crippen LogP contribution is -2.38. The topological polar surface area (TPSA) is 37.4 Å². The Balaban J connectivity index is 2.13. The Bertz CT molecular complexity index is 703. The Morgan fingerprint density at radius 3 is 2.68 bits per heavy atom. The molecule has 3 nitrogen and oxygen atoms in total. The van der Waals surface area contributed by atoms with Gasteiger partial charge in [0.05, 0.1) is 4.90 Å².